The van der Waals surface area contributed by atoms with Crippen molar-refractivity contribution in [3.05, 3.63) is 29.8 Å². The highest BCUT2D eigenvalue weighted by Crippen LogP contribution is 2.20. The number of rotatable bonds is 4. The number of sulfone groups is 1. The monoisotopic (exact) mass is 340 g/mol. The molecule has 1 saturated heterocycles. The number of hydrogen-bond acceptors (Lipinski definition) is 3. The van der Waals surface area contributed by atoms with Gasteiger partial charge in [-0.15, -0.1) is 0 Å². The van der Waals surface area contributed by atoms with Gasteiger partial charge in [-0.05, 0) is 49.2 Å². The zero-order chi connectivity index (χ0) is 16.3. The molecule has 0 bridgehead atoms. The Hall–Kier alpha value is -1.14. The Morgan fingerprint density at radius 2 is 2.00 bits per heavy atom. The maximum atomic E-state index is 11.7. The van der Waals surface area contributed by atoms with Crippen LogP contribution in [0.1, 0.15) is 38.7 Å². The molecule has 0 aromatic heterocycles. The van der Waals surface area contributed by atoms with Gasteiger partial charge in [0, 0.05) is 18.3 Å². The van der Waals surface area contributed by atoms with Gasteiger partial charge >= 0.3 is 0 Å². The van der Waals surface area contributed by atoms with Gasteiger partial charge in [0.05, 0.1) is 11.5 Å². The van der Waals surface area contributed by atoms with Crippen molar-refractivity contribution in [3.8, 4) is 0 Å². The minimum absolute atomic E-state index is 0.00932. The van der Waals surface area contributed by atoms with E-state index in [2.05, 4.69) is 31.3 Å². The van der Waals surface area contributed by atoms with Gasteiger partial charge in [0.25, 0.3) is 0 Å². The predicted molar refractivity (Wildman–Crippen MR) is 96.2 cm³/mol. The molecule has 22 heavy (non-hydrogen) atoms. The average Bonchev–Trinajstić information content (AvgIpc) is 2.80. The molecule has 0 saturated carbocycles. The first-order valence-corrected chi connectivity index (χ1v) is 9.93. The Kier molecular flexibility index (Phi) is 5.45. The van der Waals surface area contributed by atoms with Gasteiger partial charge in [0.15, 0.2) is 14.9 Å². The summed E-state index contributed by atoms with van der Waals surface area (Å²) in [6, 6.07) is 8.20. The number of anilines is 1. The minimum atomic E-state index is -2.90. The molecule has 0 radical (unpaired) electrons. The Labute approximate surface area is 138 Å². The van der Waals surface area contributed by atoms with Crippen molar-refractivity contribution in [1.82, 2.24) is 4.90 Å². The Balaban J connectivity index is 2.03. The third kappa shape index (κ3) is 4.20. The number of nitrogens with zero attached hydrogens (tertiary/aromatic N) is 1. The summed E-state index contributed by atoms with van der Waals surface area (Å²) in [5, 5.41) is 3.82. The van der Waals surface area contributed by atoms with E-state index in [1.54, 1.807) is 0 Å². The number of benzene rings is 1. The second-order valence-corrected chi connectivity index (χ2v) is 8.67. The second kappa shape index (κ2) is 6.96. The lowest BCUT2D eigenvalue weighted by Gasteiger charge is -2.29. The fourth-order valence-corrected chi connectivity index (χ4v) is 4.86. The molecular weight excluding hydrogens is 316 g/mol. The highest BCUT2D eigenvalue weighted by atomic mass is 32.2. The largest absolute Gasteiger partial charge is 0.345 e. The molecule has 1 heterocycles. The summed E-state index contributed by atoms with van der Waals surface area (Å²) < 4.78 is 23.3. The van der Waals surface area contributed by atoms with Gasteiger partial charge in [-0.1, -0.05) is 26.0 Å². The van der Waals surface area contributed by atoms with E-state index >= 15 is 0 Å². The highest BCUT2D eigenvalue weighted by molar-refractivity contribution is 7.91. The SMILES string of the molecule is CCN(C(=S)Nc1ccc(C(C)C)cc1)[C@@H]1CCS(=O)(=O)C1. The molecule has 0 amide bonds. The van der Waals surface area contributed by atoms with E-state index in [0.717, 1.165) is 5.69 Å². The fourth-order valence-electron chi connectivity index (χ4n) is 2.74. The molecule has 6 heteroatoms. The van der Waals surface area contributed by atoms with E-state index in [0.29, 0.717) is 24.0 Å². The van der Waals surface area contributed by atoms with Crippen molar-refractivity contribution in [2.45, 2.75) is 39.2 Å². The van der Waals surface area contributed by atoms with E-state index in [-0.39, 0.29) is 17.5 Å². The average molecular weight is 341 g/mol. The molecule has 0 unspecified atom stereocenters. The van der Waals surface area contributed by atoms with Crippen LogP contribution < -0.4 is 5.32 Å². The molecule has 2 rings (SSSR count). The zero-order valence-electron chi connectivity index (χ0n) is 13.4. The molecule has 1 fully saturated rings. The summed E-state index contributed by atoms with van der Waals surface area (Å²) in [4.78, 5) is 1.98. The van der Waals surface area contributed by atoms with Crippen LogP contribution >= 0.6 is 12.2 Å². The molecule has 1 N–H and O–H groups in total. The quantitative estimate of drug-likeness (QED) is 0.854. The predicted octanol–water partition coefficient (Wildman–Crippen LogP) is 3.02. The smallest absolute Gasteiger partial charge is 0.173 e. The minimum Gasteiger partial charge on any atom is -0.345 e. The molecular formula is C16H24N2O2S2. The summed E-state index contributed by atoms with van der Waals surface area (Å²) in [7, 11) is -2.90. The highest BCUT2D eigenvalue weighted by Gasteiger charge is 2.32. The third-order valence-electron chi connectivity index (χ3n) is 4.08. The van der Waals surface area contributed by atoms with Crippen LogP contribution in [0.3, 0.4) is 0 Å². The first kappa shape index (κ1) is 17.2. The van der Waals surface area contributed by atoms with Crippen LogP contribution in [0.25, 0.3) is 0 Å². The summed E-state index contributed by atoms with van der Waals surface area (Å²) in [6.07, 6.45) is 0.657. The second-order valence-electron chi connectivity index (χ2n) is 6.05. The summed E-state index contributed by atoms with van der Waals surface area (Å²) >= 11 is 5.47. The Morgan fingerprint density at radius 3 is 2.45 bits per heavy atom. The first-order chi connectivity index (χ1) is 10.3. The van der Waals surface area contributed by atoms with Crippen molar-refractivity contribution in [1.29, 1.82) is 0 Å². The van der Waals surface area contributed by atoms with E-state index in [1.165, 1.54) is 5.56 Å². The zero-order valence-corrected chi connectivity index (χ0v) is 15.0. The first-order valence-electron chi connectivity index (χ1n) is 7.70. The number of thiocarbonyl (C=S) groups is 1. The van der Waals surface area contributed by atoms with E-state index in [1.807, 2.05) is 24.0 Å². The van der Waals surface area contributed by atoms with Crippen LogP contribution in [0.4, 0.5) is 5.69 Å². The fraction of sp³-hybridized carbons (Fsp3) is 0.562. The van der Waals surface area contributed by atoms with Crippen LogP contribution in [-0.2, 0) is 9.84 Å². The molecule has 1 atom stereocenters. The summed E-state index contributed by atoms with van der Waals surface area (Å²) in [6.45, 7) is 7.02. The molecule has 4 nitrogen and oxygen atoms in total. The van der Waals surface area contributed by atoms with Crippen LogP contribution in [0.5, 0.6) is 0 Å². The summed E-state index contributed by atoms with van der Waals surface area (Å²) in [5.74, 6) is 0.964. The van der Waals surface area contributed by atoms with E-state index in [4.69, 9.17) is 12.2 Å². The molecule has 1 aliphatic rings. The van der Waals surface area contributed by atoms with Crippen LogP contribution in [0.15, 0.2) is 24.3 Å². The van der Waals surface area contributed by atoms with Gasteiger partial charge in [-0.25, -0.2) is 8.42 Å². The number of nitrogens with one attached hydrogen (secondary N) is 1. The maximum absolute atomic E-state index is 11.7. The topological polar surface area (TPSA) is 49.4 Å². The van der Waals surface area contributed by atoms with E-state index < -0.39 is 9.84 Å². The molecule has 122 valence electrons. The van der Waals surface area contributed by atoms with Crippen molar-refractivity contribution >= 4 is 32.9 Å². The lowest BCUT2D eigenvalue weighted by atomic mass is 10.0. The van der Waals surface area contributed by atoms with Gasteiger partial charge in [0.2, 0.25) is 0 Å². The summed E-state index contributed by atoms with van der Waals surface area (Å²) in [5.41, 5.74) is 2.22. The van der Waals surface area contributed by atoms with Gasteiger partial charge < -0.3 is 10.2 Å². The van der Waals surface area contributed by atoms with Gasteiger partial charge in [-0.3, -0.25) is 0 Å². The van der Waals surface area contributed by atoms with Crippen LogP contribution in [0.2, 0.25) is 0 Å². The molecule has 1 aliphatic heterocycles. The molecule has 1 aromatic rings. The lowest BCUT2D eigenvalue weighted by Crippen LogP contribution is -2.43. The van der Waals surface area contributed by atoms with Crippen molar-refractivity contribution < 1.29 is 8.42 Å². The maximum Gasteiger partial charge on any atom is 0.173 e. The van der Waals surface area contributed by atoms with E-state index in [9.17, 15) is 8.42 Å². The van der Waals surface area contributed by atoms with Gasteiger partial charge in [0.1, 0.15) is 0 Å². The van der Waals surface area contributed by atoms with Gasteiger partial charge in [-0.2, -0.15) is 0 Å². The Morgan fingerprint density at radius 1 is 1.36 bits per heavy atom. The van der Waals surface area contributed by atoms with Crippen molar-refractivity contribution in [2.24, 2.45) is 0 Å². The normalized spacial score (nSPS) is 20.1. The molecule has 0 spiro atoms. The van der Waals surface area contributed by atoms with Crippen LogP contribution in [-0.4, -0.2) is 42.5 Å². The molecule has 1 aromatic carbocycles. The number of hydrogen-bond donors (Lipinski definition) is 1. The van der Waals surface area contributed by atoms with Crippen LogP contribution in [0, 0.1) is 0 Å². The molecule has 0 aliphatic carbocycles. The lowest BCUT2D eigenvalue weighted by molar-refractivity contribution is 0.355. The Bertz CT molecular complexity index is 624. The van der Waals surface area contributed by atoms with Crippen molar-refractivity contribution in [2.75, 3.05) is 23.4 Å². The standard InChI is InChI=1S/C16H24N2O2S2/c1-4-18(15-9-10-22(19,20)11-15)16(21)17-14-7-5-13(6-8-14)12(2)3/h5-8,12,15H,4,9-11H2,1-3H3,(H,17,21)/t15-/m1/s1. The van der Waals surface area contributed by atoms with Crippen molar-refractivity contribution in [3.63, 3.8) is 0 Å². The third-order valence-corrected chi connectivity index (χ3v) is 6.17.